The van der Waals surface area contributed by atoms with Crippen LogP contribution in [0, 0.1) is 0 Å². The summed E-state index contributed by atoms with van der Waals surface area (Å²) in [5.74, 6) is 0.613. The molecule has 0 spiro atoms. The van der Waals surface area contributed by atoms with Gasteiger partial charge in [0.25, 0.3) is 0 Å². The van der Waals surface area contributed by atoms with Crippen LogP contribution >= 0.6 is 0 Å². The van der Waals surface area contributed by atoms with Gasteiger partial charge in [0.05, 0.1) is 0 Å². The number of rotatable bonds is 4. The Balaban J connectivity index is 2.33. The highest BCUT2D eigenvalue weighted by molar-refractivity contribution is 5.20. The first-order valence-corrected chi connectivity index (χ1v) is 3.40. The molecular formula is C7H10N4. The predicted molar refractivity (Wildman–Crippen MR) is 43.1 cm³/mol. The van der Waals surface area contributed by atoms with Crippen molar-refractivity contribution >= 4 is 5.95 Å². The number of nitrogens with zero attached hydrogens (tertiary/aromatic N) is 3. The number of hydrogen-bond acceptors (Lipinski definition) is 4. The van der Waals surface area contributed by atoms with E-state index in [0.29, 0.717) is 5.95 Å². The summed E-state index contributed by atoms with van der Waals surface area (Å²) in [6.07, 6.45) is 5.67. The van der Waals surface area contributed by atoms with Gasteiger partial charge in [-0.2, -0.15) is 0 Å². The third-order valence-electron chi connectivity index (χ3n) is 1.12. The molecule has 0 bridgehead atoms. The first-order valence-electron chi connectivity index (χ1n) is 3.40. The van der Waals surface area contributed by atoms with Crippen LogP contribution in [0.4, 0.5) is 5.95 Å². The monoisotopic (exact) mass is 150 g/mol. The molecule has 0 saturated heterocycles. The summed E-state index contributed by atoms with van der Waals surface area (Å²) in [5.41, 5.74) is 0. The zero-order chi connectivity index (χ0) is 7.94. The van der Waals surface area contributed by atoms with Gasteiger partial charge in [-0.3, -0.25) is 0 Å². The average molecular weight is 150 g/mol. The number of aromatic nitrogens is 3. The molecule has 1 aromatic rings. The Morgan fingerprint density at radius 1 is 1.45 bits per heavy atom. The fraction of sp³-hybridized carbons (Fsp3) is 0.286. The highest BCUT2D eigenvalue weighted by Crippen LogP contribution is 1.91. The Labute approximate surface area is 65.4 Å². The maximum atomic E-state index is 3.88. The van der Waals surface area contributed by atoms with Crippen molar-refractivity contribution < 1.29 is 0 Å². The molecule has 11 heavy (non-hydrogen) atoms. The first kappa shape index (κ1) is 7.65. The van der Waals surface area contributed by atoms with Gasteiger partial charge in [-0.05, 0) is 6.42 Å². The molecule has 4 heteroatoms. The van der Waals surface area contributed by atoms with E-state index < -0.39 is 0 Å². The summed E-state index contributed by atoms with van der Waals surface area (Å²) in [4.78, 5) is 11.5. The van der Waals surface area contributed by atoms with Gasteiger partial charge in [0.2, 0.25) is 5.95 Å². The van der Waals surface area contributed by atoms with Crippen LogP contribution in [0.5, 0.6) is 0 Å². The van der Waals surface area contributed by atoms with Crippen LogP contribution in [-0.4, -0.2) is 21.5 Å². The van der Waals surface area contributed by atoms with E-state index in [1.807, 2.05) is 6.08 Å². The molecule has 58 valence electrons. The van der Waals surface area contributed by atoms with Crippen LogP contribution in [0.2, 0.25) is 0 Å². The summed E-state index contributed by atoms with van der Waals surface area (Å²) in [7, 11) is 0. The number of anilines is 1. The van der Waals surface area contributed by atoms with E-state index in [1.165, 1.54) is 12.7 Å². The lowest BCUT2D eigenvalue weighted by Crippen LogP contribution is -2.03. The number of nitrogens with one attached hydrogen (secondary N) is 1. The van der Waals surface area contributed by atoms with Crippen molar-refractivity contribution in [2.45, 2.75) is 6.42 Å². The zero-order valence-corrected chi connectivity index (χ0v) is 6.20. The third kappa shape index (κ3) is 2.75. The van der Waals surface area contributed by atoms with Gasteiger partial charge >= 0.3 is 0 Å². The molecule has 0 atom stereocenters. The minimum absolute atomic E-state index is 0.613. The van der Waals surface area contributed by atoms with Crippen molar-refractivity contribution in [3.63, 3.8) is 0 Å². The molecule has 1 aromatic heterocycles. The number of hydrogen-bond donors (Lipinski definition) is 1. The molecular weight excluding hydrogens is 140 g/mol. The van der Waals surface area contributed by atoms with Crippen molar-refractivity contribution in [1.29, 1.82) is 0 Å². The Morgan fingerprint density at radius 3 is 2.82 bits per heavy atom. The third-order valence-corrected chi connectivity index (χ3v) is 1.12. The Hall–Kier alpha value is -1.45. The average Bonchev–Trinajstić information content (AvgIpc) is 2.07. The van der Waals surface area contributed by atoms with Crippen LogP contribution in [0.1, 0.15) is 6.42 Å². The van der Waals surface area contributed by atoms with Crippen LogP contribution in [0.25, 0.3) is 0 Å². The molecule has 1 N–H and O–H groups in total. The second-order valence-corrected chi connectivity index (χ2v) is 1.97. The molecule has 4 nitrogen and oxygen atoms in total. The SMILES string of the molecule is C=CCCNc1ncncn1. The lowest BCUT2D eigenvalue weighted by Gasteiger charge is -1.99. The fourth-order valence-corrected chi connectivity index (χ4v) is 0.617. The molecule has 0 unspecified atom stereocenters. The van der Waals surface area contributed by atoms with Gasteiger partial charge < -0.3 is 5.32 Å². The van der Waals surface area contributed by atoms with Gasteiger partial charge in [-0.25, -0.2) is 15.0 Å². The highest BCUT2D eigenvalue weighted by atomic mass is 15.1. The maximum Gasteiger partial charge on any atom is 0.225 e. The topological polar surface area (TPSA) is 50.7 Å². The van der Waals surface area contributed by atoms with Gasteiger partial charge in [0.1, 0.15) is 12.7 Å². The molecule has 0 aliphatic carbocycles. The summed E-state index contributed by atoms with van der Waals surface area (Å²) in [6, 6.07) is 0. The largest absolute Gasteiger partial charge is 0.354 e. The molecule has 0 radical (unpaired) electrons. The van der Waals surface area contributed by atoms with Crippen molar-refractivity contribution in [3.05, 3.63) is 25.3 Å². The summed E-state index contributed by atoms with van der Waals surface area (Å²) < 4.78 is 0. The van der Waals surface area contributed by atoms with Crippen LogP contribution in [0.3, 0.4) is 0 Å². The van der Waals surface area contributed by atoms with E-state index in [4.69, 9.17) is 0 Å². The summed E-state index contributed by atoms with van der Waals surface area (Å²) in [6.45, 7) is 4.41. The van der Waals surface area contributed by atoms with E-state index in [9.17, 15) is 0 Å². The zero-order valence-electron chi connectivity index (χ0n) is 6.20. The maximum absolute atomic E-state index is 3.88. The van der Waals surface area contributed by atoms with Crippen LogP contribution < -0.4 is 5.32 Å². The van der Waals surface area contributed by atoms with E-state index in [0.717, 1.165) is 13.0 Å². The van der Waals surface area contributed by atoms with E-state index in [2.05, 4.69) is 26.8 Å². The van der Waals surface area contributed by atoms with Gasteiger partial charge in [-0.1, -0.05) is 6.08 Å². The van der Waals surface area contributed by atoms with E-state index in [-0.39, 0.29) is 0 Å². The first-order chi connectivity index (χ1) is 5.43. The lowest BCUT2D eigenvalue weighted by atomic mass is 10.4. The quantitative estimate of drug-likeness (QED) is 0.511. The summed E-state index contributed by atoms with van der Waals surface area (Å²) >= 11 is 0. The van der Waals surface area contributed by atoms with Crippen LogP contribution in [0.15, 0.2) is 25.3 Å². The molecule has 0 amide bonds. The molecule has 1 rings (SSSR count). The van der Waals surface area contributed by atoms with Crippen LogP contribution in [-0.2, 0) is 0 Å². The second-order valence-electron chi connectivity index (χ2n) is 1.97. The normalized spacial score (nSPS) is 9.09. The Bertz CT molecular complexity index is 209. The smallest absolute Gasteiger partial charge is 0.225 e. The fourth-order valence-electron chi connectivity index (χ4n) is 0.617. The summed E-state index contributed by atoms with van der Waals surface area (Å²) in [5, 5.41) is 3.01. The van der Waals surface area contributed by atoms with E-state index in [1.54, 1.807) is 0 Å². The van der Waals surface area contributed by atoms with Crippen molar-refractivity contribution in [3.8, 4) is 0 Å². The van der Waals surface area contributed by atoms with Crippen molar-refractivity contribution in [1.82, 2.24) is 15.0 Å². The van der Waals surface area contributed by atoms with E-state index >= 15 is 0 Å². The Kier molecular flexibility index (Phi) is 3.05. The molecule has 0 saturated carbocycles. The standard InChI is InChI=1S/C7H10N4/c1-2-3-4-9-7-10-5-8-6-11-7/h2,5-6H,1,3-4H2,(H,8,9,10,11). The van der Waals surface area contributed by atoms with Crippen molar-refractivity contribution in [2.24, 2.45) is 0 Å². The van der Waals surface area contributed by atoms with Crippen molar-refractivity contribution in [2.75, 3.05) is 11.9 Å². The lowest BCUT2D eigenvalue weighted by molar-refractivity contribution is 0.983. The second kappa shape index (κ2) is 4.38. The van der Waals surface area contributed by atoms with Gasteiger partial charge in [-0.15, -0.1) is 6.58 Å². The molecule has 1 heterocycles. The highest BCUT2D eigenvalue weighted by Gasteiger charge is 1.88. The molecule has 0 fully saturated rings. The Morgan fingerprint density at radius 2 is 2.18 bits per heavy atom. The molecule has 0 aliphatic heterocycles. The van der Waals surface area contributed by atoms with Gasteiger partial charge in [0.15, 0.2) is 0 Å². The van der Waals surface area contributed by atoms with Gasteiger partial charge in [0, 0.05) is 6.54 Å². The molecule has 0 aliphatic rings. The molecule has 0 aromatic carbocycles. The minimum Gasteiger partial charge on any atom is -0.354 e. The minimum atomic E-state index is 0.613. The predicted octanol–water partition coefficient (Wildman–Crippen LogP) is 0.860.